The van der Waals surface area contributed by atoms with Gasteiger partial charge in [0.15, 0.2) is 5.13 Å². The molecule has 1 amide bonds. The van der Waals surface area contributed by atoms with Crippen LogP contribution >= 0.6 is 46.3 Å². The minimum Gasteiger partial charge on any atom is -0.495 e. The first kappa shape index (κ1) is 24.6. The van der Waals surface area contributed by atoms with Crippen molar-refractivity contribution >= 4 is 67.6 Å². The number of hydrogen-bond acceptors (Lipinski definition) is 6. The quantitative estimate of drug-likeness (QED) is 0.365. The van der Waals surface area contributed by atoms with E-state index >= 15 is 0 Å². The molecule has 0 radical (unpaired) electrons. The molecule has 0 aliphatic carbocycles. The smallest absolute Gasteiger partial charge is 0.261 e. The number of fused-ring (bicyclic) bond motifs is 1. The highest BCUT2D eigenvalue weighted by molar-refractivity contribution is 14.1. The average molecular weight is 562 g/mol. The van der Waals surface area contributed by atoms with Crippen LogP contribution in [0.2, 0.25) is 0 Å². The van der Waals surface area contributed by atoms with Gasteiger partial charge >= 0.3 is 0 Å². The van der Waals surface area contributed by atoms with Crippen molar-refractivity contribution in [3.8, 4) is 11.5 Å². The Labute approximate surface area is 200 Å². The first-order valence-corrected chi connectivity index (χ1v) is 11.1. The SMILES string of the molecule is COc1ccc(OC)c2sc(N(CCCN(C)C)C(=O)c3ccccc3I)nc12.Cl. The summed E-state index contributed by atoms with van der Waals surface area (Å²) in [5, 5.41) is 0.645. The molecule has 30 heavy (non-hydrogen) atoms. The fourth-order valence-electron chi connectivity index (χ4n) is 3.00. The van der Waals surface area contributed by atoms with Crippen molar-refractivity contribution in [1.29, 1.82) is 0 Å². The van der Waals surface area contributed by atoms with Crippen LogP contribution in [0.3, 0.4) is 0 Å². The summed E-state index contributed by atoms with van der Waals surface area (Å²) in [6.07, 6.45) is 0.840. The highest BCUT2D eigenvalue weighted by Gasteiger charge is 2.24. The lowest BCUT2D eigenvalue weighted by Gasteiger charge is -2.21. The number of benzene rings is 2. The van der Waals surface area contributed by atoms with Gasteiger partial charge in [0.2, 0.25) is 0 Å². The Morgan fingerprint density at radius 2 is 1.73 bits per heavy atom. The number of ether oxygens (including phenoxy) is 2. The first-order chi connectivity index (χ1) is 14.0. The van der Waals surface area contributed by atoms with Crippen LogP contribution in [-0.2, 0) is 0 Å². The van der Waals surface area contributed by atoms with Crippen molar-refractivity contribution in [2.24, 2.45) is 0 Å². The number of anilines is 1. The van der Waals surface area contributed by atoms with Gasteiger partial charge in [-0.3, -0.25) is 9.69 Å². The van der Waals surface area contributed by atoms with Crippen LogP contribution in [0.5, 0.6) is 11.5 Å². The third-order valence-corrected chi connectivity index (χ3v) is 6.50. The van der Waals surface area contributed by atoms with Gasteiger partial charge in [-0.25, -0.2) is 4.98 Å². The maximum Gasteiger partial charge on any atom is 0.261 e. The fourth-order valence-corrected chi connectivity index (χ4v) is 4.72. The van der Waals surface area contributed by atoms with E-state index in [-0.39, 0.29) is 18.3 Å². The summed E-state index contributed by atoms with van der Waals surface area (Å²) in [6, 6.07) is 11.3. The maximum absolute atomic E-state index is 13.4. The van der Waals surface area contributed by atoms with Crippen LogP contribution < -0.4 is 14.4 Å². The average Bonchev–Trinajstić information content (AvgIpc) is 3.15. The molecular formula is C21H25ClIN3O3S. The summed E-state index contributed by atoms with van der Waals surface area (Å²) in [7, 11) is 7.30. The Balaban J connectivity index is 0.00000320. The van der Waals surface area contributed by atoms with E-state index in [0.29, 0.717) is 28.5 Å². The fraction of sp³-hybridized carbons (Fsp3) is 0.333. The van der Waals surface area contributed by atoms with Crippen molar-refractivity contribution in [3.05, 3.63) is 45.5 Å². The number of carbonyl (C=O) groups is 1. The van der Waals surface area contributed by atoms with Crippen LogP contribution in [0, 0.1) is 3.57 Å². The van der Waals surface area contributed by atoms with Gasteiger partial charge in [0.1, 0.15) is 21.7 Å². The van der Waals surface area contributed by atoms with Gasteiger partial charge in [0, 0.05) is 10.1 Å². The van der Waals surface area contributed by atoms with Crippen LogP contribution in [0.1, 0.15) is 16.8 Å². The zero-order valence-corrected chi connectivity index (χ0v) is 21.1. The molecule has 3 rings (SSSR count). The minimum absolute atomic E-state index is 0. The topological polar surface area (TPSA) is 54.9 Å². The molecule has 0 saturated heterocycles. The number of thiazole rings is 1. The second-order valence-corrected chi connectivity index (χ2v) is 8.88. The van der Waals surface area contributed by atoms with E-state index in [2.05, 4.69) is 27.5 Å². The van der Waals surface area contributed by atoms with Crippen LogP contribution in [0.15, 0.2) is 36.4 Å². The molecule has 0 saturated carbocycles. The Hall–Kier alpha value is -1.62. The molecule has 9 heteroatoms. The number of hydrogen-bond donors (Lipinski definition) is 0. The molecule has 3 aromatic rings. The van der Waals surface area contributed by atoms with E-state index in [1.807, 2.05) is 50.5 Å². The van der Waals surface area contributed by atoms with E-state index in [1.54, 1.807) is 19.1 Å². The third-order valence-electron chi connectivity index (χ3n) is 4.47. The largest absolute Gasteiger partial charge is 0.495 e. The molecule has 0 unspecified atom stereocenters. The Bertz CT molecular complexity index is 971. The second kappa shape index (κ2) is 11.1. The summed E-state index contributed by atoms with van der Waals surface area (Å²) >= 11 is 3.65. The van der Waals surface area contributed by atoms with Gasteiger partial charge in [-0.2, -0.15) is 0 Å². The number of amides is 1. The van der Waals surface area contributed by atoms with Crippen LogP contribution in [0.25, 0.3) is 10.2 Å². The molecule has 0 fully saturated rings. The lowest BCUT2D eigenvalue weighted by Crippen LogP contribution is -2.33. The van der Waals surface area contributed by atoms with Gasteiger partial charge in [0.05, 0.1) is 19.8 Å². The van der Waals surface area contributed by atoms with E-state index in [1.165, 1.54) is 11.3 Å². The van der Waals surface area contributed by atoms with E-state index < -0.39 is 0 Å². The second-order valence-electron chi connectivity index (χ2n) is 6.74. The van der Waals surface area contributed by atoms with Crippen LogP contribution in [-0.4, -0.2) is 57.2 Å². The third kappa shape index (κ3) is 5.35. The van der Waals surface area contributed by atoms with Gasteiger partial charge < -0.3 is 14.4 Å². The normalized spacial score (nSPS) is 10.7. The monoisotopic (exact) mass is 561 g/mol. The lowest BCUT2D eigenvalue weighted by atomic mass is 10.2. The molecule has 0 aliphatic rings. The van der Waals surface area contributed by atoms with Crippen molar-refractivity contribution in [3.63, 3.8) is 0 Å². The Morgan fingerprint density at radius 1 is 1.07 bits per heavy atom. The maximum atomic E-state index is 13.4. The molecule has 0 aliphatic heterocycles. The van der Waals surface area contributed by atoms with Gasteiger partial charge in [-0.1, -0.05) is 23.5 Å². The predicted molar refractivity (Wildman–Crippen MR) is 134 cm³/mol. The zero-order valence-electron chi connectivity index (χ0n) is 17.3. The molecule has 0 bridgehead atoms. The van der Waals surface area contributed by atoms with Crippen molar-refractivity contribution in [2.45, 2.75) is 6.42 Å². The van der Waals surface area contributed by atoms with Crippen molar-refractivity contribution in [1.82, 2.24) is 9.88 Å². The summed E-state index contributed by atoms with van der Waals surface area (Å²) in [4.78, 5) is 22.1. The minimum atomic E-state index is -0.0502. The molecule has 2 aromatic carbocycles. The molecular weight excluding hydrogens is 537 g/mol. The van der Waals surface area contributed by atoms with Crippen LogP contribution in [0.4, 0.5) is 5.13 Å². The van der Waals surface area contributed by atoms with Gasteiger partial charge in [-0.15, -0.1) is 12.4 Å². The summed E-state index contributed by atoms with van der Waals surface area (Å²) < 4.78 is 12.8. The lowest BCUT2D eigenvalue weighted by molar-refractivity contribution is 0.0985. The number of nitrogens with zero attached hydrogens (tertiary/aromatic N) is 3. The standard InChI is InChI=1S/C21H24IN3O3S.ClH/c1-24(2)12-7-13-25(20(26)14-8-5-6-9-15(14)22)21-23-18-16(27-3)10-11-17(28-4)19(18)29-21;/h5-6,8-11H,7,12-13H2,1-4H3;1H. The Kier molecular flexibility index (Phi) is 9.14. The van der Waals surface area contributed by atoms with Gasteiger partial charge in [-0.05, 0) is 73.9 Å². The predicted octanol–water partition coefficient (Wildman–Crippen LogP) is 4.94. The van der Waals surface area contributed by atoms with E-state index in [4.69, 9.17) is 14.5 Å². The van der Waals surface area contributed by atoms with E-state index in [9.17, 15) is 4.79 Å². The molecule has 162 valence electrons. The highest BCUT2D eigenvalue weighted by atomic mass is 127. The zero-order chi connectivity index (χ0) is 21.0. The molecule has 1 heterocycles. The molecule has 6 nitrogen and oxygen atoms in total. The molecule has 0 spiro atoms. The van der Waals surface area contributed by atoms with Gasteiger partial charge in [0.25, 0.3) is 5.91 Å². The number of halogens is 2. The first-order valence-electron chi connectivity index (χ1n) is 9.19. The molecule has 0 atom stereocenters. The summed E-state index contributed by atoms with van der Waals surface area (Å²) in [5.41, 5.74) is 1.39. The number of carbonyl (C=O) groups excluding carboxylic acids is 1. The van der Waals surface area contributed by atoms with E-state index in [0.717, 1.165) is 27.0 Å². The summed E-state index contributed by atoms with van der Waals surface area (Å²) in [5.74, 6) is 1.34. The van der Waals surface area contributed by atoms with Crippen molar-refractivity contribution in [2.75, 3.05) is 46.3 Å². The Morgan fingerprint density at radius 3 is 2.37 bits per heavy atom. The summed E-state index contributed by atoms with van der Waals surface area (Å²) in [6.45, 7) is 1.46. The van der Waals surface area contributed by atoms with Crippen molar-refractivity contribution < 1.29 is 14.3 Å². The number of methoxy groups -OCH3 is 2. The molecule has 0 N–H and O–H groups in total. The molecule has 1 aromatic heterocycles. The highest BCUT2D eigenvalue weighted by Crippen LogP contribution is 2.40. The number of aromatic nitrogens is 1. The number of rotatable bonds is 8.